The number of amides is 1. The van der Waals surface area contributed by atoms with Gasteiger partial charge in [-0.05, 0) is 50.5 Å². The van der Waals surface area contributed by atoms with Gasteiger partial charge in [0.25, 0.3) is 5.91 Å². The summed E-state index contributed by atoms with van der Waals surface area (Å²) in [6, 6.07) is 5.10. The third kappa shape index (κ3) is 3.67. The first kappa shape index (κ1) is 13.8. The van der Waals surface area contributed by atoms with Crippen molar-refractivity contribution in [3.05, 3.63) is 23.9 Å². The van der Waals surface area contributed by atoms with Gasteiger partial charge in [-0.2, -0.15) is 0 Å². The lowest BCUT2D eigenvalue weighted by Crippen LogP contribution is -2.43. The van der Waals surface area contributed by atoms with E-state index in [2.05, 4.69) is 29.2 Å². The van der Waals surface area contributed by atoms with E-state index in [9.17, 15) is 4.79 Å². The second-order valence-corrected chi connectivity index (χ2v) is 5.74. The summed E-state index contributed by atoms with van der Waals surface area (Å²) in [6.45, 7) is 5.09. The summed E-state index contributed by atoms with van der Waals surface area (Å²) in [7, 11) is 2.13. The van der Waals surface area contributed by atoms with Crippen LogP contribution in [-0.2, 0) is 0 Å². The smallest absolute Gasteiger partial charge is 0.269 e. The number of pyridine rings is 1. The maximum atomic E-state index is 12.0. The number of hydrogen-bond acceptors (Lipinski definition) is 4. The molecule has 0 aromatic carbocycles. The average Bonchev–Trinajstić information content (AvgIpc) is 2.40. The van der Waals surface area contributed by atoms with E-state index in [1.807, 2.05) is 0 Å². The summed E-state index contributed by atoms with van der Waals surface area (Å²) in [6.07, 6.45) is 2.21. The van der Waals surface area contributed by atoms with Crippen LogP contribution in [0.25, 0.3) is 0 Å². The molecular weight excluding hydrogens is 240 g/mol. The number of anilines is 1. The maximum Gasteiger partial charge on any atom is 0.269 e. The number of likely N-dealkylation sites (tertiary alicyclic amines) is 1. The third-order valence-electron chi connectivity index (χ3n) is 3.87. The zero-order chi connectivity index (χ0) is 13.9. The molecule has 1 aromatic heterocycles. The number of nitrogens with two attached hydrogens (primary N) is 1. The van der Waals surface area contributed by atoms with Crippen LogP contribution in [0.1, 0.15) is 30.3 Å². The number of aromatic nitrogens is 1. The largest absolute Gasteiger partial charge is 0.384 e. The van der Waals surface area contributed by atoms with Crippen molar-refractivity contribution in [3.63, 3.8) is 0 Å². The quantitative estimate of drug-likeness (QED) is 0.856. The van der Waals surface area contributed by atoms with Gasteiger partial charge in [-0.15, -0.1) is 0 Å². The molecule has 1 saturated heterocycles. The van der Waals surface area contributed by atoms with Gasteiger partial charge in [0.1, 0.15) is 11.5 Å². The van der Waals surface area contributed by atoms with Crippen LogP contribution < -0.4 is 11.1 Å². The summed E-state index contributed by atoms with van der Waals surface area (Å²) in [5, 5.41) is 2.98. The highest BCUT2D eigenvalue weighted by atomic mass is 16.1. The molecule has 1 aromatic rings. The molecular formula is C14H22N4O. The Bertz CT molecular complexity index is 453. The second kappa shape index (κ2) is 5.57. The zero-order valence-corrected chi connectivity index (χ0v) is 11.6. The van der Waals surface area contributed by atoms with Gasteiger partial charge in [-0.25, -0.2) is 4.98 Å². The molecule has 1 fully saturated rings. The Hall–Kier alpha value is -1.62. The van der Waals surface area contributed by atoms with Gasteiger partial charge >= 0.3 is 0 Å². The fourth-order valence-corrected chi connectivity index (χ4v) is 2.30. The molecule has 104 valence electrons. The predicted octanol–water partition coefficient (Wildman–Crippen LogP) is 1.13. The minimum Gasteiger partial charge on any atom is -0.384 e. The van der Waals surface area contributed by atoms with Crippen molar-refractivity contribution in [3.8, 4) is 0 Å². The van der Waals surface area contributed by atoms with E-state index in [-0.39, 0.29) is 11.3 Å². The van der Waals surface area contributed by atoms with Gasteiger partial charge in [0.15, 0.2) is 0 Å². The number of hydrogen-bond donors (Lipinski definition) is 2. The number of nitrogens with one attached hydrogen (secondary N) is 1. The lowest BCUT2D eigenvalue weighted by atomic mass is 9.80. The molecule has 0 saturated carbocycles. The molecule has 1 aliphatic heterocycles. The lowest BCUT2D eigenvalue weighted by molar-refractivity contribution is 0.0887. The normalized spacial score (nSPS) is 19.1. The van der Waals surface area contributed by atoms with E-state index in [1.165, 1.54) is 0 Å². The van der Waals surface area contributed by atoms with Crippen molar-refractivity contribution < 1.29 is 4.79 Å². The first-order chi connectivity index (χ1) is 8.98. The first-order valence-corrected chi connectivity index (χ1v) is 6.68. The molecule has 0 atom stereocenters. The summed E-state index contributed by atoms with van der Waals surface area (Å²) in [4.78, 5) is 18.4. The van der Waals surface area contributed by atoms with Crippen molar-refractivity contribution >= 4 is 11.7 Å². The molecule has 1 aliphatic rings. The predicted molar refractivity (Wildman–Crippen MR) is 75.8 cm³/mol. The molecule has 0 unspecified atom stereocenters. The number of rotatable bonds is 3. The van der Waals surface area contributed by atoms with Crippen LogP contribution in [0, 0.1) is 5.41 Å². The van der Waals surface area contributed by atoms with Crippen LogP contribution in [-0.4, -0.2) is 42.5 Å². The number of nitrogen functional groups attached to an aromatic ring is 1. The van der Waals surface area contributed by atoms with Crippen molar-refractivity contribution in [2.45, 2.75) is 19.8 Å². The van der Waals surface area contributed by atoms with E-state index in [1.54, 1.807) is 18.2 Å². The van der Waals surface area contributed by atoms with E-state index in [0.29, 0.717) is 18.1 Å². The molecule has 0 bridgehead atoms. The average molecular weight is 262 g/mol. The number of piperidine rings is 1. The van der Waals surface area contributed by atoms with Crippen molar-refractivity contribution in [1.82, 2.24) is 15.2 Å². The van der Waals surface area contributed by atoms with Crippen molar-refractivity contribution in [2.75, 3.05) is 32.4 Å². The van der Waals surface area contributed by atoms with E-state index in [4.69, 9.17) is 5.73 Å². The molecule has 2 heterocycles. The molecule has 0 aliphatic carbocycles. The SMILES string of the molecule is CN1CCC(C)(CNC(=O)c2cccc(N)n2)CC1. The van der Waals surface area contributed by atoms with Crippen LogP contribution in [0.5, 0.6) is 0 Å². The third-order valence-corrected chi connectivity index (χ3v) is 3.87. The Labute approximate surface area is 114 Å². The Morgan fingerprint density at radius 2 is 2.16 bits per heavy atom. The monoisotopic (exact) mass is 262 g/mol. The van der Waals surface area contributed by atoms with Crippen LogP contribution in [0.4, 0.5) is 5.82 Å². The fourth-order valence-electron chi connectivity index (χ4n) is 2.30. The highest BCUT2D eigenvalue weighted by Crippen LogP contribution is 2.29. The molecule has 2 rings (SSSR count). The van der Waals surface area contributed by atoms with E-state index >= 15 is 0 Å². The Balaban J connectivity index is 1.90. The summed E-state index contributed by atoms with van der Waals surface area (Å²) in [5.74, 6) is 0.227. The number of carbonyl (C=O) groups is 1. The van der Waals surface area contributed by atoms with Crippen LogP contribution in [0.3, 0.4) is 0 Å². The van der Waals surface area contributed by atoms with E-state index < -0.39 is 0 Å². The van der Waals surface area contributed by atoms with E-state index in [0.717, 1.165) is 25.9 Å². The van der Waals surface area contributed by atoms with Crippen LogP contribution >= 0.6 is 0 Å². The van der Waals surface area contributed by atoms with Crippen LogP contribution in [0.2, 0.25) is 0 Å². The number of nitrogens with zero attached hydrogens (tertiary/aromatic N) is 2. The highest BCUT2D eigenvalue weighted by molar-refractivity contribution is 5.92. The highest BCUT2D eigenvalue weighted by Gasteiger charge is 2.29. The Kier molecular flexibility index (Phi) is 4.04. The van der Waals surface area contributed by atoms with Crippen molar-refractivity contribution in [1.29, 1.82) is 0 Å². The molecule has 3 N–H and O–H groups in total. The van der Waals surface area contributed by atoms with Gasteiger partial charge in [0.2, 0.25) is 0 Å². The maximum absolute atomic E-state index is 12.0. The van der Waals surface area contributed by atoms with Crippen molar-refractivity contribution in [2.24, 2.45) is 5.41 Å². The van der Waals surface area contributed by atoms with Gasteiger partial charge in [0, 0.05) is 6.54 Å². The molecule has 1 amide bonds. The van der Waals surface area contributed by atoms with Gasteiger partial charge in [-0.1, -0.05) is 13.0 Å². The minimum absolute atomic E-state index is 0.146. The summed E-state index contributed by atoms with van der Waals surface area (Å²) < 4.78 is 0. The Morgan fingerprint density at radius 3 is 2.79 bits per heavy atom. The molecule has 0 radical (unpaired) electrons. The fraction of sp³-hybridized carbons (Fsp3) is 0.571. The molecule has 5 nitrogen and oxygen atoms in total. The first-order valence-electron chi connectivity index (χ1n) is 6.68. The number of carbonyl (C=O) groups excluding carboxylic acids is 1. The lowest BCUT2D eigenvalue weighted by Gasteiger charge is -2.37. The Morgan fingerprint density at radius 1 is 1.47 bits per heavy atom. The minimum atomic E-state index is -0.146. The molecule has 19 heavy (non-hydrogen) atoms. The van der Waals surface area contributed by atoms with Gasteiger partial charge in [-0.3, -0.25) is 4.79 Å². The summed E-state index contributed by atoms with van der Waals surface area (Å²) in [5.41, 5.74) is 6.15. The topological polar surface area (TPSA) is 71.2 Å². The van der Waals surface area contributed by atoms with Crippen LogP contribution in [0.15, 0.2) is 18.2 Å². The summed E-state index contributed by atoms with van der Waals surface area (Å²) >= 11 is 0. The molecule has 0 spiro atoms. The molecule has 5 heteroatoms. The van der Waals surface area contributed by atoms with Gasteiger partial charge < -0.3 is 16.0 Å². The standard InChI is InChI=1S/C14H22N4O/c1-14(6-8-18(2)9-7-14)10-16-13(19)11-4-3-5-12(15)17-11/h3-5H,6-10H2,1-2H3,(H2,15,17)(H,16,19). The zero-order valence-electron chi connectivity index (χ0n) is 11.6. The second-order valence-electron chi connectivity index (χ2n) is 5.74. The van der Waals surface area contributed by atoms with Gasteiger partial charge in [0.05, 0.1) is 0 Å².